The molecular formula is C16H20Cl2O2. The zero-order valence-corrected chi connectivity index (χ0v) is 14.2. The van der Waals surface area contributed by atoms with Crippen LogP contribution >= 0.6 is 23.2 Å². The average molecular weight is 315 g/mol. The monoisotopic (exact) mass is 314 g/mol. The van der Waals surface area contributed by atoms with Crippen molar-refractivity contribution in [3.05, 3.63) is 34.4 Å². The van der Waals surface area contributed by atoms with Crippen LogP contribution in [0.3, 0.4) is 0 Å². The largest absolute Gasteiger partial charge is 0.276 e. The van der Waals surface area contributed by atoms with Gasteiger partial charge in [0, 0.05) is 11.1 Å². The molecule has 0 saturated carbocycles. The number of hydrogen-bond acceptors (Lipinski definition) is 2. The van der Waals surface area contributed by atoms with Crippen LogP contribution in [0.15, 0.2) is 12.1 Å². The van der Waals surface area contributed by atoms with Gasteiger partial charge in [0.2, 0.25) is 0 Å². The Hall–Kier alpha value is -0.860. The van der Waals surface area contributed by atoms with Crippen molar-refractivity contribution < 1.29 is 9.59 Å². The van der Waals surface area contributed by atoms with E-state index in [9.17, 15) is 9.59 Å². The molecule has 1 aromatic carbocycles. The summed E-state index contributed by atoms with van der Waals surface area (Å²) < 4.78 is 0. The van der Waals surface area contributed by atoms with Crippen molar-refractivity contribution in [1.29, 1.82) is 0 Å². The van der Waals surface area contributed by atoms with Crippen molar-refractivity contribution in [3.63, 3.8) is 0 Å². The second-order valence-electron chi connectivity index (χ2n) is 6.96. The third kappa shape index (κ3) is 3.42. The number of carbonyl (C=O) groups excluding carboxylic acids is 2. The molecule has 1 aromatic rings. The summed E-state index contributed by atoms with van der Waals surface area (Å²) in [6, 6.07) is 3.17. The minimum atomic E-state index is -0.519. The molecule has 110 valence electrons. The molecule has 0 bridgehead atoms. The van der Waals surface area contributed by atoms with Crippen LogP contribution < -0.4 is 0 Å². The number of hydrogen-bond donors (Lipinski definition) is 0. The van der Waals surface area contributed by atoms with Crippen molar-refractivity contribution in [2.24, 2.45) is 0 Å². The highest BCUT2D eigenvalue weighted by Gasteiger charge is 2.33. The van der Waals surface area contributed by atoms with Crippen molar-refractivity contribution in [2.75, 3.05) is 0 Å². The van der Waals surface area contributed by atoms with Gasteiger partial charge in [0.05, 0.1) is 0 Å². The maximum atomic E-state index is 11.7. The van der Waals surface area contributed by atoms with Crippen molar-refractivity contribution in [1.82, 2.24) is 0 Å². The van der Waals surface area contributed by atoms with Crippen LogP contribution in [-0.2, 0) is 10.8 Å². The maximum Gasteiger partial charge on any atom is 0.252 e. The van der Waals surface area contributed by atoms with Crippen LogP contribution in [-0.4, -0.2) is 10.5 Å². The Balaban J connectivity index is 3.94. The first kappa shape index (κ1) is 17.2. The predicted octanol–water partition coefficient (Wildman–Crippen LogP) is 5.04. The van der Waals surface area contributed by atoms with Gasteiger partial charge in [0.25, 0.3) is 10.5 Å². The number of halogens is 2. The molecule has 2 nitrogen and oxygen atoms in total. The van der Waals surface area contributed by atoms with Gasteiger partial charge in [0.15, 0.2) is 0 Å². The van der Waals surface area contributed by atoms with Crippen LogP contribution in [0.1, 0.15) is 73.4 Å². The molecule has 0 fully saturated rings. The summed E-state index contributed by atoms with van der Waals surface area (Å²) in [5.41, 5.74) is 1.79. The summed E-state index contributed by atoms with van der Waals surface area (Å²) in [6.45, 7) is 11.9. The van der Waals surface area contributed by atoms with Gasteiger partial charge in [-0.15, -0.1) is 0 Å². The lowest BCUT2D eigenvalue weighted by molar-refractivity contribution is 0.106. The molecule has 0 heterocycles. The van der Waals surface area contributed by atoms with Gasteiger partial charge in [-0.05, 0) is 57.3 Å². The first-order valence-corrected chi connectivity index (χ1v) is 7.20. The second-order valence-corrected chi connectivity index (χ2v) is 7.64. The molecule has 0 N–H and O–H groups in total. The average Bonchev–Trinajstić information content (AvgIpc) is 2.24. The van der Waals surface area contributed by atoms with E-state index in [-0.39, 0.29) is 10.8 Å². The van der Waals surface area contributed by atoms with Crippen molar-refractivity contribution in [3.8, 4) is 0 Å². The smallest absolute Gasteiger partial charge is 0.252 e. The molecule has 1 rings (SSSR count). The van der Waals surface area contributed by atoms with E-state index in [1.54, 1.807) is 12.1 Å². The van der Waals surface area contributed by atoms with E-state index in [2.05, 4.69) is 0 Å². The highest BCUT2D eigenvalue weighted by molar-refractivity contribution is 6.69. The van der Waals surface area contributed by atoms with E-state index in [0.29, 0.717) is 11.1 Å². The molecular weight excluding hydrogens is 295 g/mol. The van der Waals surface area contributed by atoms with Crippen LogP contribution in [0.2, 0.25) is 0 Å². The summed E-state index contributed by atoms with van der Waals surface area (Å²) >= 11 is 11.4. The van der Waals surface area contributed by atoms with E-state index >= 15 is 0 Å². The van der Waals surface area contributed by atoms with Gasteiger partial charge in [-0.2, -0.15) is 0 Å². The number of carbonyl (C=O) groups is 2. The molecule has 0 atom stereocenters. The molecule has 0 aromatic heterocycles. The third-order valence-corrected chi connectivity index (χ3v) is 3.54. The zero-order valence-electron chi connectivity index (χ0n) is 12.7. The van der Waals surface area contributed by atoms with E-state index in [1.165, 1.54) is 0 Å². The summed E-state index contributed by atoms with van der Waals surface area (Å²) in [4.78, 5) is 23.4. The van der Waals surface area contributed by atoms with Crippen LogP contribution in [0.5, 0.6) is 0 Å². The topological polar surface area (TPSA) is 34.1 Å². The molecule has 0 spiro atoms. The lowest BCUT2D eigenvalue weighted by Crippen LogP contribution is -2.27. The highest BCUT2D eigenvalue weighted by Crippen LogP contribution is 2.39. The Morgan fingerprint density at radius 2 is 1.00 bits per heavy atom. The SMILES string of the molecule is CC(C)(C)c1c(C(=O)Cl)ccc(C(=O)Cl)c1C(C)(C)C. The fourth-order valence-corrected chi connectivity index (χ4v) is 2.80. The Kier molecular flexibility index (Phi) is 4.72. The molecule has 0 aliphatic heterocycles. The van der Waals surface area contributed by atoms with Crippen molar-refractivity contribution >= 4 is 33.7 Å². The lowest BCUT2D eigenvalue weighted by atomic mass is 9.71. The normalized spacial score (nSPS) is 12.4. The second kappa shape index (κ2) is 5.50. The maximum absolute atomic E-state index is 11.7. The first-order valence-electron chi connectivity index (χ1n) is 6.45. The van der Waals surface area contributed by atoms with Gasteiger partial charge >= 0.3 is 0 Å². The van der Waals surface area contributed by atoms with Crippen molar-refractivity contribution in [2.45, 2.75) is 52.4 Å². The van der Waals surface area contributed by atoms with Gasteiger partial charge < -0.3 is 0 Å². The van der Waals surface area contributed by atoms with Gasteiger partial charge in [-0.25, -0.2) is 0 Å². The Morgan fingerprint density at radius 3 is 1.15 bits per heavy atom. The number of rotatable bonds is 2. The van der Waals surface area contributed by atoms with E-state index in [1.807, 2.05) is 41.5 Å². The van der Waals surface area contributed by atoms with E-state index < -0.39 is 10.5 Å². The summed E-state index contributed by atoms with van der Waals surface area (Å²) in [5.74, 6) is 0. The molecule has 4 heteroatoms. The van der Waals surface area contributed by atoms with Gasteiger partial charge in [-0.1, -0.05) is 41.5 Å². The molecule has 0 amide bonds. The minimum Gasteiger partial charge on any atom is -0.276 e. The minimum absolute atomic E-state index is 0.329. The fraction of sp³-hybridized carbons (Fsp3) is 0.500. The Morgan fingerprint density at radius 1 is 0.750 bits per heavy atom. The summed E-state index contributed by atoms with van der Waals surface area (Å²) in [7, 11) is 0. The summed E-state index contributed by atoms with van der Waals surface area (Å²) in [6.07, 6.45) is 0. The van der Waals surface area contributed by atoms with Crippen LogP contribution in [0.4, 0.5) is 0 Å². The number of benzene rings is 1. The van der Waals surface area contributed by atoms with Gasteiger partial charge in [0.1, 0.15) is 0 Å². The van der Waals surface area contributed by atoms with E-state index in [0.717, 1.165) is 11.1 Å². The Bertz CT molecular complexity index is 510. The molecule has 0 saturated heterocycles. The molecule has 0 aliphatic carbocycles. The highest BCUT2D eigenvalue weighted by atomic mass is 35.5. The third-order valence-electron chi connectivity index (χ3n) is 3.13. The molecule has 0 unspecified atom stereocenters. The molecule has 0 aliphatic rings. The predicted molar refractivity (Wildman–Crippen MR) is 84.2 cm³/mol. The Labute approximate surface area is 130 Å². The summed E-state index contributed by atoms with van der Waals surface area (Å²) in [5, 5.41) is -1.04. The van der Waals surface area contributed by atoms with E-state index in [4.69, 9.17) is 23.2 Å². The standard InChI is InChI=1S/C16H20Cl2O2/c1-15(2,3)11-9(13(17)19)7-8-10(14(18)20)12(11)16(4,5)6/h7-8H,1-6H3. The zero-order chi connectivity index (χ0) is 15.9. The quantitative estimate of drug-likeness (QED) is 0.717. The molecule has 20 heavy (non-hydrogen) atoms. The lowest BCUT2D eigenvalue weighted by Gasteiger charge is -2.33. The van der Waals surface area contributed by atoms with Crippen LogP contribution in [0.25, 0.3) is 0 Å². The molecule has 0 radical (unpaired) electrons. The van der Waals surface area contributed by atoms with Gasteiger partial charge in [-0.3, -0.25) is 9.59 Å². The van der Waals surface area contributed by atoms with Crippen LogP contribution in [0, 0.1) is 0 Å². The first-order chi connectivity index (χ1) is 8.87. The fourth-order valence-electron chi connectivity index (χ4n) is 2.49.